The van der Waals surface area contributed by atoms with Crippen LogP contribution < -0.4 is 15.8 Å². The van der Waals surface area contributed by atoms with Crippen molar-refractivity contribution in [2.45, 2.75) is 19.9 Å². The van der Waals surface area contributed by atoms with Crippen molar-refractivity contribution in [3.8, 4) is 22.9 Å². The van der Waals surface area contributed by atoms with Crippen molar-refractivity contribution in [3.63, 3.8) is 0 Å². The molecule has 3 rings (SSSR count). The number of ether oxygens (including phenoxy) is 2. The van der Waals surface area contributed by atoms with E-state index in [0.29, 0.717) is 28.6 Å². The molecule has 0 fully saturated rings. The molecule has 0 aliphatic rings. The Bertz CT molecular complexity index is 1120. The minimum Gasteiger partial charge on any atom is -0.465 e. The molecule has 0 bridgehead atoms. The van der Waals surface area contributed by atoms with Crippen molar-refractivity contribution in [3.05, 3.63) is 65.6 Å². The first-order valence-electron chi connectivity index (χ1n) is 9.34. The summed E-state index contributed by atoms with van der Waals surface area (Å²) in [6, 6.07) is 11.3. The number of nitrogens with zero attached hydrogens (tertiary/aromatic N) is 2. The molecule has 31 heavy (non-hydrogen) atoms. The molecule has 0 aliphatic carbocycles. The lowest BCUT2D eigenvalue weighted by molar-refractivity contribution is -0.118. The van der Waals surface area contributed by atoms with Crippen LogP contribution in [-0.2, 0) is 9.53 Å². The van der Waals surface area contributed by atoms with Gasteiger partial charge in [-0.05, 0) is 56.3 Å². The van der Waals surface area contributed by atoms with Gasteiger partial charge >= 0.3 is 5.97 Å². The summed E-state index contributed by atoms with van der Waals surface area (Å²) >= 11 is 0. The maximum absolute atomic E-state index is 13.1. The van der Waals surface area contributed by atoms with Crippen molar-refractivity contribution >= 4 is 17.7 Å². The van der Waals surface area contributed by atoms with Crippen molar-refractivity contribution in [1.82, 2.24) is 9.97 Å². The van der Waals surface area contributed by atoms with Gasteiger partial charge in [-0.2, -0.15) is 0 Å². The number of hydrogen-bond acceptors (Lipinski definition) is 7. The van der Waals surface area contributed by atoms with Crippen LogP contribution in [0, 0.1) is 12.7 Å². The van der Waals surface area contributed by atoms with Gasteiger partial charge in [0.1, 0.15) is 34.7 Å². The van der Waals surface area contributed by atoms with E-state index in [2.05, 4.69) is 15.3 Å². The molecule has 1 amide bonds. The molecule has 0 saturated carbocycles. The van der Waals surface area contributed by atoms with Gasteiger partial charge in [0.25, 0.3) is 0 Å². The van der Waals surface area contributed by atoms with E-state index >= 15 is 0 Å². The van der Waals surface area contributed by atoms with Crippen LogP contribution in [0.4, 0.5) is 10.2 Å². The van der Waals surface area contributed by atoms with Crippen molar-refractivity contribution < 1.29 is 23.5 Å². The Morgan fingerprint density at radius 2 is 1.81 bits per heavy atom. The van der Waals surface area contributed by atoms with E-state index in [0.717, 1.165) is 0 Å². The molecule has 1 unspecified atom stereocenters. The number of primary amides is 1. The number of carbonyl (C=O) groups is 2. The van der Waals surface area contributed by atoms with Crippen LogP contribution in [0.3, 0.4) is 0 Å². The zero-order valence-electron chi connectivity index (χ0n) is 17.2. The van der Waals surface area contributed by atoms with E-state index in [-0.39, 0.29) is 11.3 Å². The number of rotatable bonds is 7. The molecule has 0 saturated heterocycles. The number of aromatic nitrogens is 2. The van der Waals surface area contributed by atoms with E-state index in [1.165, 1.54) is 31.4 Å². The molecule has 0 radical (unpaired) electrons. The Labute approximate surface area is 178 Å². The second-order valence-corrected chi connectivity index (χ2v) is 6.75. The number of anilines is 1. The third-order valence-corrected chi connectivity index (χ3v) is 4.33. The number of esters is 1. The summed E-state index contributed by atoms with van der Waals surface area (Å²) in [5.74, 6) is -0.200. The highest BCUT2D eigenvalue weighted by Crippen LogP contribution is 2.30. The normalized spacial score (nSPS) is 11.5. The number of aryl methyl sites for hydroxylation is 1. The number of methoxy groups -OCH3 is 1. The third kappa shape index (κ3) is 5.33. The highest BCUT2D eigenvalue weighted by molar-refractivity contribution is 5.94. The highest BCUT2D eigenvalue weighted by Gasteiger charge is 2.18. The average Bonchev–Trinajstić information content (AvgIpc) is 2.74. The van der Waals surface area contributed by atoms with Crippen LogP contribution in [0.2, 0.25) is 0 Å². The summed E-state index contributed by atoms with van der Waals surface area (Å²) in [7, 11) is 1.26. The lowest BCUT2D eigenvalue weighted by Crippen LogP contribution is -2.32. The fraction of sp³-hybridized carbons (Fsp3) is 0.182. The second-order valence-electron chi connectivity index (χ2n) is 6.75. The van der Waals surface area contributed by atoms with Gasteiger partial charge in [-0.3, -0.25) is 4.79 Å². The van der Waals surface area contributed by atoms with Crippen molar-refractivity contribution in [1.29, 1.82) is 0 Å². The standard InChI is InChI=1S/C22H21FN4O4/c1-12-10-19(26-13(2)20(24)28)27-21(25-12)14-4-9-18(17(11-14)22(29)30-3)31-16-7-5-15(23)6-8-16/h4-11,13H,1-3H3,(H2,24,28)(H,25,26,27). The molecule has 0 aliphatic heterocycles. The number of halogens is 1. The number of nitrogens with two attached hydrogens (primary N) is 1. The minimum absolute atomic E-state index is 0.148. The lowest BCUT2D eigenvalue weighted by Gasteiger charge is -2.14. The summed E-state index contributed by atoms with van der Waals surface area (Å²) in [5, 5.41) is 2.92. The molecule has 3 aromatic rings. The van der Waals surface area contributed by atoms with Gasteiger partial charge in [0, 0.05) is 17.3 Å². The smallest absolute Gasteiger partial charge is 0.341 e. The van der Waals surface area contributed by atoms with Gasteiger partial charge in [0.15, 0.2) is 5.82 Å². The molecule has 1 aromatic heterocycles. The topological polar surface area (TPSA) is 116 Å². The Morgan fingerprint density at radius 1 is 1.10 bits per heavy atom. The number of amides is 1. The van der Waals surface area contributed by atoms with Gasteiger partial charge in [0.05, 0.1) is 7.11 Å². The van der Waals surface area contributed by atoms with E-state index in [4.69, 9.17) is 15.2 Å². The van der Waals surface area contributed by atoms with E-state index in [1.807, 2.05) is 0 Å². The summed E-state index contributed by atoms with van der Waals surface area (Å²) in [6.45, 7) is 3.40. The zero-order chi connectivity index (χ0) is 22.5. The van der Waals surface area contributed by atoms with Crippen LogP contribution in [0.15, 0.2) is 48.5 Å². The molecular formula is C22H21FN4O4. The van der Waals surface area contributed by atoms with Crippen LogP contribution >= 0.6 is 0 Å². The Hall–Kier alpha value is -4.01. The first-order chi connectivity index (χ1) is 14.8. The highest BCUT2D eigenvalue weighted by atomic mass is 19.1. The van der Waals surface area contributed by atoms with Crippen LogP contribution in [0.1, 0.15) is 23.0 Å². The van der Waals surface area contributed by atoms with E-state index in [1.54, 1.807) is 38.1 Å². The van der Waals surface area contributed by atoms with Crippen LogP contribution in [-0.4, -0.2) is 35.0 Å². The number of hydrogen-bond donors (Lipinski definition) is 2. The quantitative estimate of drug-likeness (QED) is 0.558. The predicted octanol–water partition coefficient (Wildman–Crippen LogP) is 3.46. The molecule has 160 valence electrons. The summed E-state index contributed by atoms with van der Waals surface area (Å²) in [6.07, 6.45) is 0. The van der Waals surface area contributed by atoms with Gasteiger partial charge in [0.2, 0.25) is 5.91 Å². The Morgan fingerprint density at radius 3 is 2.45 bits per heavy atom. The van der Waals surface area contributed by atoms with Crippen molar-refractivity contribution in [2.75, 3.05) is 12.4 Å². The Kier molecular flexibility index (Phi) is 6.44. The SMILES string of the molecule is COC(=O)c1cc(-c2nc(C)cc(NC(C)C(N)=O)n2)ccc1Oc1ccc(F)cc1. The average molecular weight is 424 g/mol. The maximum Gasteiger partial charge on any atom is 0.341 e. The molecule has 3 N–H and O–H groups in total. The number of nitrogens with one attached hydrogen (secondary N) is 1. The third-order valence-electron chi connectivity index (χ3n) is 4.33. The van der Waals surface area contributed by atoms with Gasteiger partial charge in [-0.15, -0.1) is 0 Å². The fourth-order valence-corrected chi connectivity index (χ4v) is 2.72. The van der Waals surface area contributed by atoms with Crippen LogP contribution in [0.25, 0.3) is 11.4 Å². The predicted molar refractivity (Wildman–Crippen MR) is 112 cm³/mol. The van der Waals surface area contributed by atoms with E-state index in [9.17, 15) is 14.0 Å². The van der Waals surface area contributed by atoms with Gasteiger partial charge in [-0.1, -0.05) is 0 Å². The molecule has 8 nitrogen and oxygen atoms in total. The number of benzene rings is 2. The van der Waals surface area contributed by atoms with E-state index < -0.39 is 23.7 Å². The first-order valence-corrected chi connectivity index (χ1v) is 9.34. The molecule has 1 atom stereocenters. The molecule has 2 aromatic carbocycles. The summed E-state index contributed by atoms with van der Waals surface area (Å²) < 4.78 is 23.7. The number of carbonyl (C=O) groups excluding carboxylic acids is 2. The van der Waals surface area contributed by atoms with Gasteiger partial charge in [-0.25, -0.2) is 19.2 Å². The fourth-order valence-electron chi connectivity index (χ4n) is 2.72. The minimum atomic E-state index is -0.626. The monoisotopic (exact) mass is 424 g/mol. The second kappa shape index (κ2) is 9.21. The molecule has 9 heteroatoms. The largest absolute Gasteiger partial charge is 0.465 e. The van der Waals surface area contributed by atoms with Crippen molar-refractivity contribution in [2.24, 2.45) is 5.73 Å². The lowest BCUT2D eigenvalue weighted by atomic mass is 10.1. The Balaban J connectivity index is 1.98. The van der Waals surface area contributed by atoms with Gasteiger partial charge < -0.3 is 20.5 Å². The maximum atomic E-state index is 13.1. The first kappa shape index (κ1) is 21.7. The molecular weight excluding hydrogens is 403 g/mol. The molecule has 0 spiro atoms. The molecule has 1 heterocycles. The summed E-state index contributed by atoms with van der Waals surface area (Å²) in [4.78, 5) is 32.5. The zero-order valence-corrected chi connectivity index (χ0v) is 17.2. The summed E-state index contributed by atoms with van der Waals surface area (Å²) in [5.41, 5.74) is 6.63. The van der Waals surface area contributed by atoms with Crippen LogP contribution in [0.5, 0.6) is 11.5 Å².